The molecule has 0 N–H and O–H groups in total. The van der Waals surface area contributed by atoms with E-state index in [1.54, 1.807) is 12.3 Å². The fourth-order valence-corrected chi connectivity index (χ4v) is 3.05. The van der Waals surface area contributed by atoms with Crippen LogP contribution in [0.2, 0.25) is 0 Å². The van der Waals surface area contributed by atoms with Crippen molar-refractivity contribution in [3.63, 3.8) is 0 Å². The molecule has 1 aromatic heterocycles. The number of pyridine rings is 1. The monoisotopic (exact) mass is 328 g/mol. The van der Waals surface area contributed by atoms with E-state index in [1.807, 2.05) is 43.0 Å². The quantitative estimate of drug-likeness (QED) is 0.846. The third-order valence-corrected chi connectivity index (χ3v) is 4.22. The summed E-state index contributed by atoms with van der Waals surface area (Å²) in [6.07, 6.45) is 3.99. The third-order valence-electron chi connectivity index (χ3n) is 4.22. The Hall–Kier alpha value is -2.14. The first-order valence-electron chi connectivity index (χ1n) is 8.53. The largest absolute Gasteiger partial charge is 0.483 e. The van der Waals surface area contributed by atoms with E-state index in [0.29, 0.717) is 5.75 Å². The molecule has 0 bridgehead atoms. The number of piperidine rings is 1. The number of likely N-dealkylation sites (tertiary alicyclic amines) is 1. The molecular weight excluding hydrogens is 304 g/mol. The van der Waals surface area contributed by atoms with Crippen LogP contribution in [0.3, 0.4) is 0 Å². The number of benzene rings is 1. The molecule has 0 aliphatic carbocycles. The maximum absolute atomic E-state index is 12.4. The summed E-state index contributed by atoms with van der Waals surface area (Å²) in [5.74, 6) is 0.728. The van der Waals surface area contributed by atoms with Crippen LogP contribution in [-0.4, -0.2) is 47.7 Å². The number of para-hydroxylation sites is 1. The molecular formula is C19H24N2O3. The van der Waals surface area contributed by atoms with Gasteiger partial charge in [-0.25, -0.2) is 0 Å². The molecule has 3 rings (SSSR count). The molecule has 0 atom stereocenters. The van der Waals surface area contributed by atoms with Crippen LogP contribution in [0.5, 0.6) is 5.75 Å². The second-order valence-corrected chi connectivity index (χ2v) is 6.38. The van der Waals surface area contributed by atoms with Gasteiger partial charge in [0.2, 0.25) is 0 Å². The lowest BCUT2D eigenvalue weighted by Gasteiger charge is -2.32. The fraction of sp³-hybridized carbons (Fsp3) is 0.474. The minimum absolute atomic E-state index is 0.0268. The van der Waals surface area contributed by atoms with Crippen molar-refractivity contribution >= 4 is 16.8 Å². The van der Waals surface area contributed by atoms with E-state index >= 15 is 0 Å². The van der Waals surface area contributed by atoms with Crippen LogP contribution in [0, 0.1) is 0 Å². The smallest absolute Gasteiger partial charge is 0.260 e. The number of fused-ring (bicyclic) bond motifs is 1. The summed E-state index contributed by atoms with van der Waals surface area (Å²) < 4.78 is 11.6. The Kier molecular flexibility index (Phi) is 5.30. The lowest BCUT2D eigenvalue weighted by atomic mass is 10.1. The first-order chi connectivity index (χ1) is 11.6. The lowest BCUT2D eigenvalue weighted by molar-refractivity contribution is -0.136. The van der Waals surface area contributed by atoms with Crippen LogP contribution in [-0.2, 0) is 9.53 Å². The highest BCUT2D eigenvalue weighted by Gasteiger charge is 2.24. The maximum Gasteiger partial charge on any atom is 0.260 e. The molecule has 5 heteroatoms. The summed E-state index contributed by atoms with van der Waals surface area (Å²) in [4.78, 5) is 18.5. The number of hydrogen-bond acceptors (Lipinski definition) is 4. The predicted octanol–water partition coefficient (Wildman–Crippen LogP) is 3.03. The van der Waals surface area contributed by atoms with Crippen molar-refractivity contribution in [2.75, 3.05) is 19.7 Å². The van der Waals surface area contributed by atoms with E-state index in [2.05, 4.69) is 4.98 Å². The zero-order chi connectivity index (χ0) is 16.9. The Bertz CT molecular complexity index is 689. The molecule has 128 valence electrons. The van der Waals surface area contributed by atoms with E-state index in [4.69, 9.17) is 9.47 Å². The molecule has 0 saturated carbocycles. The third kappa shape index (κ3) is 4.03. The van der Waals surface area contributed by atoms with Crippen LogP contribution in [0.25, 0.3) is 10.9 Å². The van der Waals surface area contributed by atoms with Gasteiger partial charge in [-0.2, -0.15) is 0 Å². The van der Waals surface area contributed by atoms with Gasteiger partial charge < -0.3 is 14.4 Å². The van der Waals surface area contributed by atoms with Crippen molar-refractivity contribution in [1.29, 1.82) is 0 Å². The van der Waals surface area contributed by atoms with Crippen LogP contribution >= 0.6 is 0 Å². The van der Waals surface area contributed by atoms with E-state index in [9.17, 15) is 4.79 Å². The van der Waals surface area contributed by atoms with E-state index in [0.717, 1.165) is 36.8 Å². The summed E-state index contributed by atoms with van der Waals surface area (Å²) in [7, 11) is 0. The van der Waals surface area contributed by atoms with Gasteiger partial charge in [-0.1, -0.05) is 12.1 Å². The molecule has 1 saturated heterocycles. The first-order valence-corrected chi connectivity index (χ1v) is 8.53. The average Bonchev–Trinajstić information content (AvgIpc) is 2.59. The van der Waals surface area contributed by atoms with Gasteiger partial charge in [0.25, 0.3) is 5.91 Å². The molecule has 24 heavy (non-hydrogen) atoms. The molecule has 2 heterocycles. The number of hydrogen-bond donors (Lipinski definition) is 0. The molecule has 1 aliphatic heterocycles. The van der Waals surface area contributed by atoms with Crippen molar-refractivity contribution in [2.45, 2.75) is 38.9 Å². The number of aromatic nitrogens is 1. The number of ether oxygens (including phenoxy) is 2. The Morgan fingerprint density at radius 2 is 2.00 bits per heavy atom. The van der Waals surface area contributed by atoms with Crippen molar-refractivity contribution in [1.82, 2.24) is 9.88 Å². The molecule has 5 nitrogen and oxygen atoms in total. The van der Waals surface area contributed by atoms with Gasteiger partial charge in [-0.15, -0.1) is 0 Å². The van der Waals surface area contributed by atoms with Crippen LogP contribution in [0.1, 0.15) is 26.7 Å². The van der Waals surface area contributed by atoms with Crippen LogP contribution in [0.4, 0.5) is 0 Å². The van der Waals surface area contributed by atoms with Gasteiger partial charge in [0.1, 0.15) is 5.75 Å². The van der Waals surface area contributed by atoms with Crippen molar-refractivity contribution < 1.29 is 14.3 Å². The summed E-state index contributed by atoms with van der Waals surface area (Å²) in [5.41, 5.74) is 0.870. The van der Waals surface area contributed by atoms with Gasteiger partial charge in [-0.3, -0.25) is 9.78 Å². The molecule has 0 unspecified atom stereocenters. The molecule has 1 amide bonds. The number of carbonyl (C=O) groups excluding carboxylic acids is 1. The Balaban J connectivity index is 1.54. The highest BCUT2D eigenvalue weighted by atomic mass is 16.5. The second kappa shape index (κ2) is 7.62. The number of rotatable bonds is 5. The molecule has 1 aliphatic rings. The standard InChI is InChI=1S/C19H24N2O3/c1-14(2)24-15-8-11-21(12-9-15)19(22)13-23-18-7-10-20-17-6-4-3-5-16(17)18/h3-7,10,14-15H,8-9,11-13H2,1-2H3. The van der Waals surface area contributed by atoms with Crippen LogP contribution < -0.4 is 4.74 Å². The minimum atomic E-state index is 0.0268. The van der Waals surface area contributed by atoms with Gasteiger partial charge in [0, 0.05) is 24.7 Å². The van der Waals surface area contributed by atoms with E-state index in [1.165, 1.54) is 0 Å². The summed E-state index contributed by atoms with van der Waals surface area (Å²) in [6.45, 7) is 5.62. The molecule has 0 spiro atoms. The van der Waals surface area contributed by atoms with Gasteiger partial charge in [0.15, 0.2) is 6.61 Å². The zero-order valence-electron chi connectivity index (χ0n) is 14.3. The van der Waals surface area contributed by atoms with Crippen LogP contribution in [0.15, 0.2) is 36.5 Å². The Labute approximate surface area is 142 Å². The SMILES string of the molecule is CC(C)OC1CCN(C(=O)COc2ccnc3ccccc23)CC1. The van der Waals surface area contributed by atoms with E-state index in [-0.39, 0.29) is 24.7 Å². The molecule has 0 radical (unpaired) electrons. The van der Waals surface area contributed by atoms with Crippen molar-refractivity contribution in [2.24, 2.45) is 0 Å². The normalized spacial score (nSPS) is 15.9. The number of carbonyl (C=O) groups is 1. The Morgan fingerprint density at radius 1 is 1.25 bits per heavy atom. The molecule has 2 aromatic rings. The lowest BCUT2D eigenvalue weighted by Crippen LogP contribution is -2.43. The second-order valence-electron chi connectivity index (χ2n) is 6.38. The predicted molar refractivity (Wildman–Crippen MR) is 93.1 cm³/mol. The van der Waals surface area contributed by atoms with Gasteiger partial charge >= 0.3 is 0 Å². The first kappa shape index (κ1) is 16.7. The van der Waals surface area contributed by atoms with E-state index < -0.39 is 0 Å². The summed E-state index contributed by atoms with van der Waals surface area (Å²) >= 11 is 0. The molecule has 1 fully saturated rings. The topological polar surface area (TPSA) is 51.7 Å². The number of amides is 1. The van der Waals surface area contributed by atoms with Gasteiger partial charge in [0.05, 0.1) is 17.7 Å². The maximum atomic E-state index is 12.4. The number of nitrogens with zero attached hydrogens (tertiary/aromatic N) is 2. The van der Waals surface area contributed by atoms with Gasteiger partial charge in [-0.05, 0) is 44.9 Å². The Morgan fingerprint density at radius 3 is 2.75 bits per heavy atom. The van der Waals surface area contributed by atoms with Crippen molar-refractivity contribution in [3.05, 3.63) is 36.5 Å². The van der Waals surface area contributed by atoms with Crippen molar-refractivity contribution in [3.8, 4) is 5.75 Å². The minimum Gasteiger partial charge on any atom is -0.483 e. The molecule has 1 aromatic carbocycles. The zero-order valence-corrected chi connectivity index (χ0v) is 14.3. The highest BCUT2D eigenvalue weighted by molar-refractivity contribution is 5.85. The fourth-order valence-electron chi connectivity index (χ4n) is 3.05. The summed E-state index contributed by atoms with van der Waals surface area (Å²) in [5, 5.41) is 0.928. The summed E-state index contributed by atoms with van der Waals surface area (Å²) in [6, 6.07) is 9.57. The average molecular weight is 328 g/mol. The highest BCUT2D eigenvalue weighted by Crippen LogP contribution is 2.23.